The Hall–Kier alpha value is -1.90. The predicted molar refractivity (Wildman–Crippen MR) is 59.7 cm³/mol. The maximum atomic E-state index is 11.6. The Morgan fingerprint density at radius 2 is 1.87 bits per heavy atom. The lowest BCUT2D eigenvalue weighted by atomic mass is 10.1. The van der Waals surface area contributed by atoms with Gasteiger partial charge in [0.15, 0.2) is 0 Å². The summed E-state index contributed by atoms with van der Waals surface area (Å²) in [5, 5.41) is 0. The van der Waals surface area contributed by atoms with Crippen LogP contribution in [-0.2, 0) is 7.05 Å². The lowest BCUT2D eigenvalue weighted by molar-refractivity contribution is 0.777. The highest BCUT2D eigenvalue weighted by atomic mass is 16.1. The van der Waals surface area contributed by atoms with Crippen molar-refractivity contribution in [2.45, 2.75) is 6.92 Å². The van der Waals surface area contributed by atoms with Crippen LogP contribution < -0.4 is 5.56 Å². The van der Waals surface area contributed by atoms with E-state index >= 15 is 0 Å². The number of hydrogen-bond acceptors (Lipinski definition) is 2. The molecule has 1 aromatic heterocycles. The third-order valence-electron chi connectivity index (χ3n) is 2.43. The fourth-order valence-electron chi connectivity index (χ4n) is 1.41. The highest BCUT2D eigenvalue weighted by Gasteiger charge is 2.03. The van der Waals surface area contributed by atoms with Crippen LogP contribution in [0.4, 0.5) is 0 Å². The molecule has 3 heteroatoms. The summed E-state index contributed by atoms with van der Waals surface area (Å²) < 4.78 is 1.53. The van der Waals surface area contributed by atoms with Gasteiger partial charge in [0.2, 0.25) is 0 Å². The molecular weight excluding hydrogens is 188 g/mol. The van der Waals surface area contributed by atoms with Crippen LogP contribution in [0.25, 0.3) is 11.3 Å². The molecule has 0 fully saturated rings. The third kappa shape index (κ3) is 1.81. The molecule has 1 aromatic carbocycles. The maximum Gasteiger partial charge on any atom is 0.253 e. The number of rotatable bonds is 1. The second-order valence-corrected chi connectivity index (χ2v) is 3.45. The SMILES string of the molecule is Cc1nc(-c2ccccc2)cc(=O)n1C. The zero-order valence-electron chi connectivity index (χ0n) is 8.77. The first kappa shape index (κ1) is 9.65. The van der Waals surface area contributed by atoms with Gasteiger partial charge in [-0.1, -0.05) is 30.3 Å². The van der Waals surface area contributed by atoms with Gasteiger partial charge in [-0.15, -0.1) is 0 Å². The summed E-state index contributed by atoms with van der Waals surface area (Å²) in [6.07, 6.45) is 0. The van der Waals surface area contributed by atoms with Gasteiger partial charge < -0.3 is 4.57 Å². The summed E-state index contributed by atoms with van der Waals surface area (Å²) in [4.78, 5) is 15.9. The Balaban J connectivity index is 2.61. The Labute approximate surface area is 88.0 Å². The minimum atomic E-state index is -0.0265. The number of hydrogen-bond donors (Lipinski definition) is 0. The van der Waals surface area contributed by atoms with Crippen LogP contribution >= 0.6 is 0 Å². The van der Waals surface area contributed by atoms with E-state index in [1.54, 1.807) is 13.1 Å². The van der Waals surface area contributed by atoms with E-state index in [1.807, 2.05) is 37.3 Å². The molecular formula is C12H12N2O. The van der Waals surface area contributed by atoms with Crippen molar-refractivity contribution < 1.29 is 0 Å². The summed E-state index contributed by atoms with van der Waals surface area (Å²) in [6, 6.07) is 11.3. The quantitative estimate of drug-likeness (QED) is 0.703. The van der Waals surface area contributed by atoms with E-state index in [-0.39, 0.29) is 5.56 Å². The van der Waals surface area contributed by atoms with Crippen molar-refractivity contribution in [1.29, 1.82) is 0 Å². The fraction of sp³-hybridized carbons (Fsp3) is 0.167. The summed E-state index contributed by atoms with van der Waals surface area (Å²) in [7, 11) is 1.72. The molecule has 0 bridgehead atoms. The van der Waals surface area contributed by atoms with Crippen molar-refractivity contribution in [3.8, 4) is 11.3 Å². The van der Waals surface area contributed by atoms with Crippen molar-refractivity contribution in [2.75, 3.05) is 0 Å². The first-order valence-electron chi connectivity index (χ1n) is 4.78. The zero-order chi connectivity index (χ0) is 10.8. The highest BCUT2D eigenvalue weighted by Crippen LogP contribution is 2.14. The van der Waals surface area contributed by atoms with E-state index in [0.717, 1.165) is 17.1 Å². The zero-order valence-corrected chi connectivity index (χ0v) is 8.77. The Morgan fingerprint density at radius 1 is 1.20 bits per heavy atom. The second-order valence-electron chi connectivity index (χ2n) is 3.45. The maximum absolute atomic E-state index is 11.6. The fourth-order valence-corrected chi connectivity index (χ4v) is 1.41. The van der Waals surface area contributed by atoms with E-state index in [9.17, 15) is 4.79 Å². The van der Waals surface area contributed by atoms with Gasteiger partial charge in [-0.3, -0.25) is 4.79 Å². The standard InChI is InChI=1S/C12H12N2O/c1-9-13-11(8-12(15)14(9)2)10-6-4-3-5-7-10/h3-8H,1-2H3. The van der Waals surface area contributed by atoms with E-state index in [1.165, 1.54) is 4.57 Å². The molecule has 0 saturated heterocycles. The summed E-state index contributed by atoms with van der Waals surface area (Å²) in [6.45, 7) is 1.83. The Morgan fingerprint density at radius 3 is 2.47 bits per heavy atom. The number of benzene rings is 1. The summed E-state index contributed by atoms with van der Waals surface area (Å²) in [5.41, 5.74) is 1.68. The van der Waals surface area contributed by atoms with Crippen LogP contribution in [0.3, 0.4) is 0 Å². The molecule has 0 N–H and O–H groups in total. The van der Waals surface area contributed by atoms with Crippen molar-refractivity contribution in [3.63, 3.8) is 0 Å². The van der Waals surface area contributed by atoms with Crippen molar-refractivity contribution in [2.24, 2.45) is 7.05 Å². The van der Waals surface area contributed by atoms with Crippen LogP contribution in [0.1, 0.15) is 5.82 Å². The molecule has 0 aliphatic heterocycles. The monoisotopic (exact) mass is 200 g/mol. The van der Waals surface area contributed by atoms with Gasteiger partial charge in [0.1, 0.15) is 5.82 Å². The molecule has 0 saturated carbocycles. The van der Waals surface area contributed by atoms with Crippen molar-refractivity contribution >= 4 is 0 Å². The largest absolute Gasteiger partial charge is 0.300 e. The molecule has 0 amide bonds. The van der Waals surface area contributed by atoms with E-state index in [4.69, 9.17) is 0 Å². The van der Waals surface area contributed by atoms with Gasteiger partial charge >= 0.3 is 0 Å². The Bertz CT molecular complexity index is 529. The van der Waals surface area contributed by atoms with E-state index in [0.29, 0.717) is 0 Å². The molecule has 3 nitrogen and oxygen atoms in total. The number of aryl methyl sites for hydroxylation is 1. The minimum absolute atomic E-state index is 0.0265. The van der Waals surface area contributed by atoms with Crippen molar-refractivity contribution in [3.05, 3.63) is 52.6 Å². The lowest BCUT2D eigenvalue weighted by Gasteiger charge is -2.05. The first-order valence-corrected chi connectivity index (χ1v) is 4.78. The van der Waals surface area contributed by atoms with Crippen LogP contribution in [0.15, 0.2) is 41.2 Å². The average molecular weight is 200 g/mol. The van der Waals surface area contributed by atoms with Gasteiger partial charge in [-0.2, -0.15) is 0 Å². The third-order valence-corrected chi connectivity index (χ3v) is 2.43. The molecule has 0 aliphatic carbocycles. The van der Waals surface area contributed by atoms with Crippen LogP contribution in [0, 0.1) is 6.92 Å². The molecule has 0 unspecified atom stereocenters. The van der Waals surface area contributed by atoms with Crippen LogP contribution in [0.2, 0.25) is 0 Å². The topological polar surface area (TPSA) is 34.9 Å². The molecule has 15 heavy (non-hydrogen) atoms. The molecule has 2 rings (SSSR count). The van der Waals surface area contributed by atoms with Crippen LogP contribution in [-0.4, -0.2) is 9.55 Å². The predicted octanol–water partition coefficient (Wildman–Crippen LogP) is 1.76. The molecule has 1 heterocycles. The van der Waals surface area contributed by atoms with Gasteiger partial charge in [0, 0.05) is 18.7 Å². The van der Waals surface area contributed by atoms with Gasteiger partial charge in [-0.05, 0) is 6.92 Å². The van der Waals surface area contributed by atoms with Gasteiger partial charge in [-0.25, -0.2) is 4.98 Å². The second kappa shape index (κ2) is 3.69. The minimum Gasteiger partial charge on any atom is -0.300 e. The van der Waals surface area contributed by atoms with Crippen molar-refractivity contribution in [1.82, 2.24) is 9.55 Å². The number of aromatic nitrogens is 2. The molecule has 76 valence electrons. The van der Waals surface area contributed by atoms with E-state index in [2.05, 4.69) is 4.98 Å². The smallest absolute Gasteiger partial charge is 0.253 e. The molecule has 0 aliphatic rings. The van der Waals surface area contributed by atoms with Crippen LogP contribution in [0.5, 0.6) is 0 Å². The summed E-state index contributed by atoms with van der Waals surface area (Å²) >= 11 is 0. The molecule has 0 spiro atoms. The van der Waals surface area contributed by atoms with E-state index < -0.39 is 0 Å². The normalized spacial score (nSPS) is 10.3. The van der Waals surface area contributed by atoms with Gasteiger partial charge in [0.25, 0.3) is 5.56 Å². The average Bonchev–Trinajstić information content (AvgIpc) is 2.26. The molecule has 2 aromatic rings. The Kier molecular flexibility index (Phi) is 2.37. The molecule has 0 radical (unpaired) electrons. The lowest BCUT2D eigenvalue weighted by Crippen LogP contribution is -2.19. The number of nitrogens with zero attached hydrogens (tertiary/aromatic N) is 2. The first-order chi connectivity index (χ1) is 7.18. The molecule has 0 atom stereocenters. The summed E-state index contributed by atoms with van der Waals surface area (Å²) in [5.74, 6) is 0.723. The van der Waals surface area contributed by atoms with Gasteiger partial charge in [0.05, 0.1) is 5.69 Å². The highest BCUT2D eigenvalue weighted by molar-refractivity contribution is 5.58.